The summed E-state index contributed by atoms with van der Waals surface area (Å²) in [4.78, 5) is 0. The minimum atomic E-state index is 0.229. The van der Waals surface area contributed by atoms with Crippen LogP contribution in [0, 0.1) is 0 Å². The van der Waals surface area contributed by atoms with Crippen molar-refractivity contribution >= 4 is 11.6 Å². The van der Waals surface area contributed by atoms with E-state index in [0.29, 0.717) is 0 Å². The van der Waals surface area contributed by atoms with Crippen molar-refractivity contribution in [3.05, 3.63) is 47.5 Å². The van der Waals surface area contributed by atoms with E-state index >= 15 is 0 Å². The molecule has 0 aliphatic heterocycles. The van der Waals surface area contributed by atoms with Crippen molar-refractivity contribution in [3.63, 3.8) is 0 Å². The molecule has 0 bridgehead atoms. The van der Waals surface area contributed by atoms with E-state index in [0.717, 1.165) is 18.0 Å². The number of nitrogens with one attached hydrogen (secondary N) is 1. The summed E-state index contributed by atoms with van der Waals surface area (Å²) >= 11 is 5.82. The van der Waals surface area contributed by atoms with Crippen molar-refractivity contribution in [2.45, 2.75) is 19.4 Å². The molecular weight excluding hydrogens is 194 g/mol. The van der Waals surface area contributed by atoms with Crippen LogP contribution in [0.15, 0.2) is 36.9 Å². The molecule has 0 amide bonds. The predicted octanol–water partition coefficient (Wildman–Crippen LogP) is 3.57. The van der Waals surface area contributed by atoms with E-state index in [1.165, 1.54) is 5.56 Å². The second kappa shape index (κ2) is 5.84. The molecule has 0 aromatic heterocycles. The van der Waals surface area contributed by atoms with Crippen LogP contribution in [0.3, 0.4) is 0 Å². The molecule has 2 heteroatoms. The van der Waals surface area contributed by atoms with Gasteiger partial charge in [0.1, 0.15) is 0 Å². The number of hydrogen-bond acceptors (Lipinski definition) is 1. The molecular formula is C12H16ClN. The number of halogens is 1. The number of rotatable bonds is 5. The summed E-state index contributed by atoms with van der Waals surface area (Å²) in [5.41, 5.74) is 1.21. The Labute approximate surface area is 90.8 Å². The molecule has 0 saturated carbocycles. The molecule has 0 aliphatic rings. The molecule has 1 aromatic carbocycles. The highest BCUT2D eigenvalue weighted by molar-refractivity contribution is 6.30. The maximum atomic E-state index is 5.82. The molecule has 76 valence electrons. The van der Waals surface area contributed by atoms with Crippen molar-refractivity contribution < 1.29 is 0 Å². The van der Waals surface area contributed by atoms with Gasteiger partial charge in [-0.15, -0.1) is 6.58 Å². The third-order valence-electron chi connectivity index (χ3n) is 2.08. The lowest BCUT2D eigenvalue weighted by atomic mass is 10.1. The molecule has 1 rings (SSSR count). The summed E-state index contributed by atoms with van der Waals surface area (Å²) in [6, 6.07) is 8.09. The fraction of sp³-hybridized carbons (Fsp3) is 0.333. The maximum absolute atomic E-state index is 5.82. The Hall–Kier alpha value is -0.790. The van der Waals surface area contributed by atoms with Gasteiger partial charge in [0.2, 0.25) is 0 Å². The van der Waals surface area contributed by atoms with Crippen molar-refractivity contribution in [2.75, 3.05) is 6.54 Å². The van der Waals surface area contributed by atoms with Crippen LogP contribution in [-0.4, -0.2) is 6.54 Å². The SMILES string of the molecule is C=CC(NCCC)c1ccc(Cl)cc1. The Balaban J connectivity index is 2.68. The van der Waals surface area contributed by atoms with Crippen molar-refractivity contribution in [1.82, 2.24) is 5.32 Å². The van der Waals surface area contributed by atoms with Gasteiger partial charge in [-0.3, -0.25) is 0 Å². The summed E-state index contributed by atoms with van der Waals surface area (Å²) in [6.07, 6.45) is 3.04. The van der Waals surface area contributed by atoms with E-state index in [1.54, 1.807) is 0 Å². The van der Waals surface area contributed by atoms with E-state index in [9.17, 15) is 0 Å². The summed E-state index contributed by atoms with van der Waals surface area (Å²) in [5.74, 6) is 0. The standard InChI is InChI=1S/C12H16ClN/c1-3-9-14-12(4-2)10-5-7-11(13)8-6-10/h4-8,12,14H,2-3,9H2,1H3. The molecule has 0 radical (unpaired) electrons. The minimum absolute atomic E-state index is 0.229. The maximum Gasteiger partial charge on any atom is 0.0503 e. The van der Waals surface area contributed by atoms with Gasteiger partial charge in [-0.2, -0.15) is 0 Å². The topological polar surface area (TPSA) is 12.0 Å². The third kappa shape index (κ3) is 3.17. The molecule has 1 aromatic rings. The van der Waals surface area contributed by atoms with Crippen LogP contribution in [0.2, 0.25) is 5.02 Å². The second-order valence-corrected chi connectivity index (χ2v) is 3.66. The molecule has 0 heterocycles. The van der Waals surface area contributed by atoms with Crippen LogP contribution in [0.1, 0.15) is 24.9 Å². The quantitative estimate of drug-likeness (QED) is 0.732. The monoisotopic (exact) mass is 209 g/mol. The second-order valence-electron chi connectivity index (χ2n) is 3.22. The summed E-state index contributed by atoms with van der Waals surface area (Å²) in [7, 11) is 0. The van der Waals surface area contributed by atoms with Crippen LogP contribution in [0.5, 0.6) is 0 Å². The lowest BCUT2D eigenvalue weighted by Gasteiger charge is -2.14. The van der Waals surface area contributed by atoms with Crippen molar-refractivity contribution in [3.8, 4) is 0 Å². The Kier molecular flexibility index (Phi) is 4.71. The van der Waals surface area contributed by atoms with Crippen LogP contribution >= 0.6 is 11.6 Å². The van der Waals surface area contributed by atoms with Crippen LogP contribution in [0.25, 0.3) is 0 Å². The van der Waals surface area contributed by atoms with Crippen molar-refractivity contribution in [1.29, 1.82) is 0 Å². The zero-order valence-electron chi connectivity index (χ0n) is 8.46. The van der Waals surface area contributed by atoms with Gasteiger partial charge >= 0.3 is 0 Å². The number of benzene rings is 1. The Morgan fingerprint density at radius 3 is 2.57 bits per heavy atom. The minimum Gasteiger partial charge on any atom is -0.307 e. The van der Waals surface area contributed by atoms with Crippen molar-refractivity contribution in [2.24, 2.45) is 0 Å². The van der Waals surface area contributed by atoms with E-state index in [4.69, 9.17) is 11.6 Å². The molecule has 1 atom stereocenters. The van der Waals surface area contributed by atoms with Gasteiger partial charge < -0.3 is 5.32 Å². The Bertz CT molecular complexity index is 279. The largest absolute Gasteiger partial charge is 0.307 e. The van der Waals surface area contributed by atoms with Crippen LogP contribution < -0.4 is 5.32 Å². The molecule has 1 N–H and O–H groups in total. The summed E-state index contributed by atoms with van der Waals surface area (Å²) < 4.78 is 0. The van der Waals surface area contributed by atoms with E-state index < -0.39 is 0 Å². The lowest BCUT2D eigenvalue weighted by molar-refractivity contribution is 0.613. The molecule has 0 saturated heterocycles. The Morgan fingerprint density at radius 1 is 1.43 bits per heavy atom. The van der Waals surface area contributed by atoms with Crippen LogP contribution in [0.4, 0.5) is 0 Å². The van der Waals surface area contributed by atoms with Gasteiger partial charge in [-0.05, 0) is 30.7 Å². The normalized spacial score (nSPS) is 12.4. The fourth-order valence-corrected chi connectivity index (χ4v) is 1.43. The lowest BCUT2D eigenvalue weighted by Crippen LogP contribution is -2.19. The zero-order chi connectivity index (χ0) is 10.4. The average molecular weight is 210 g/mol. The predicted molar refractivity (Wildman–Crippen MR) is 62.7 cm³/mol. The summed E-state index contributed by atoms with van der Waals surface area (Å²) in [6.45, 7) is 6.96. The number of hydrogen-bond donors (Lipinski definition) is 1. The molecule has 0 spiro atoms. The third-order valence-corrected chi connectivity index (χ3v) is 2.33. The summed E-state index contributed by atoms with van der Waals surface area (Å²) in [5, 5.41) is 4.16. The first-order valence-corrected chi connectivity index (χ1v) is 5.27. The smallest absolute Gasteiger partial charge is 0.0503 e. The highest BCUT2D eigenvalue weighted by Gasteiger charge is 2.04. The first-order valence-electron chi connectivity index (χ1n) is 4.89. The first kappa shape index (κ1) is 11.3. The van der Waals surface area contributed by atoms with Gasteiger partial charge in [0.05, 0.1) is 6.04 Å². The molecule has 1 nitrogen and oxygen atoms in total. The fourth-order valence-electron chi connectivity index (χ4n) is 1.31. The van der Waals surface area contributed by atoms with Gasteiger partial charge in [0.15, 0.2) is 0 Å². The van der Waals surface area contributed by atoms with Gasteiger partial charge in [-0.25, -0.2) is 0 Å². The molecule has 0 aliphatic carbocycles. The molecule has 0 fully saturated rings. The molecule has 14 heavy (non-hydrogen) atoms. The average Bonchev–Trinajstić information content (AvgIpc) is 2.21. The highest BCUT2D eigenvalue weighted by Crippen LogP contribution is 2.17. The van der Waals surface area contributed by atoms with Gasteiger partial charge in [0, 0.05) is 5.02 Å². The van der Waals surface area contributed by atoms with Gasteiger partial charge in [0.25, 0.3) is 0 Å². The van der Waals surface area contributed by atoms with E-state index in [1.807, 2.05) is 30.3 Å². The highest BCUT2D eigenvalue weighted by atomic mass is 35.5. The Morgan fingerprint density at radius 2 is 2.07 bits per heavy atom. The zero-order valence-corrected chi connectivity index (χ0v) is 9.22. The van der Waals surface area contributed by atoms with Gasteiger partial charge in [-0.1, -0.05) is 36.7 Å². The molecule has 1 unspecified atom stereocenters. The van der Waals surface area contributed by atoms with Crippen LogP contribution in [-0.2, 0) is 0 Å². The first-order chi connectivity index (χ1) is 6.77. The van der Waals surface area contributed by atoms with E-state index in [-0.39, 0.29) is 6.04 Å². The van der Waals surface area contributed by atoms with E-state index in [2.05, 4.69) is 18.8 Å².